The maximum absolute atomic E-state index is 12.6. The molecule has 32 heavy (non-hydrogen) atoms. The largest absolute Gasteiger partial charge is 0.427 e. The summed E-state index contributed by atoms with van der Waals surface area (Å²) >= 11 is 6.31. The molecule has 1 aromatic heterocycles. The number of tetrazole rings is 1. The Morgan fingerprint density at radius 3 is 2.31 bits per heavy atom. The van der Waals surface area contributed by atoms with E-state index in [1.165, 1.54) is 18.5 Å². The number of ether oxygens (including phenoxy) is 2. The van der Waals surface area contributed by atoms with Crippen molar-refractivity contribution in [3.05, 3.63) is 5.82 Å². The van der Waals surface area contributed by atoms with E-state index in [1.54, 1.807) is 27.8 Å². The van der Waals surface area contributed by atoms with Gasteiger partial charge in [0.15, 0.2) is 5.82 Å². The molecular weight excluding hydrogens is 462 g/mol. The van der Waals surface area contributed by atoms with E-state index >= 15 is 0 Å². The van der Waals surface area contributed by atoms with E-state index in [0.717, 1.165) is 11.8 Å². The van der Waals surface area contributed by atoms with Gasteiger partial charge < -0.3 is 14.6 Å². The van der Waals surface area contributed by atoms with Crippen molar-refractivity contribution in [2.24, 2.45) is 18.4 Å². The van der Waals surface area contributed by atoms with Gasteiger partial charge in [-0.05, 0) is 45.0 Å². The van der Waals surface area contributed by atoms with Crippen LogP contribution in [-0.4, -0.2) is 75.9 Å². The SMILES string of the molecule is Cn1nnnc1CC(=S)S[C@@H]1[C@H](C(C)(C)O)C(=O)N1C(=O)C(=O)OCOC(=O)C(C)(C)C. The summed E-state index contributed by atoms with van der Waals surface area (Å²) < 4.78 is 11.3. The van der Waals surface area contributed by atoms with E-state index in [9.17, 15) is 24.3 Å². The number of imide groups is 1. The fourth-order valence-corrected chi connectivity index (χ4v) is 4.47. The lowest BCUT2D eigenvalue weighted by atomic mass is 9.83. The van der Waals surface area contributed by atoms with Crippen LogP contribution in [0.5, 0.6) is 0 Å². The number of esters is 2. The number of aliphatic hydroxyl groups is 1. The molecule has 1 aliphatic rings. The molecule has 2 amide bonds. The summed E-state index contributed by atoms with van der Waals surface area (Å²) in [4.78, 5) is 49.7. The second-order valence-corrected chi connectivity index (χ2v) is 10.6. The molecule has 0 bridgehead atoms. The summed E-state index contributed by atoms with van der Waals surface area (Å²) in [5.74, 6) is -4.51. The van der Waals surface area contributed by atoms with Crippen LogP contribution in [0.4, 0.5) is 0 Å². The number of rotatable bonds is 6. The molecule has 2 rings (SSSR count). The molecule has 1 aliphatic heterocycles. The van der Waals surface area contributed by atoms with E-state index < -0.39 is 52.9 Å². The lowest BCUT2D eigenvalue weighted by Crippen LogP contribution is -2.68. The molecule has 1 aromatic rings. The van der Waals surface area contributed by atoms with E-state index in [-0.39, 0.29) is 6.42 Å². The third-order valence-corrected chi connectivity index (χ3v) is 6.02. The monoisotopic (exact) mass is 487 g/mol. The summed E-state index contributed by atoms with van der Waals surface area (Å²) in [5.41, 5.74) is -2.29. The van der Waals surface area contributed by atoms with Crippen LogP contribution in [0.1, 0.15) is 40.4 Å². The van der Waals surface area contributed by atoms with E-state index in [2.05, 4.69) is 15.5 Å². The van der Waals surface area contributed by atoms with Crippen LogP contribution in [0.3, 0.4) is 0 Å². The molecule has 0 aliphatic carbocycles. The van der Waals surface area contributed by atoms with Crippen molar-refractivity contribution < 1.29 is 33.8 Å². The van der Waals surface area contributed by atoms with Gasteiger partial charge in [-0.2, -0.15) is 0 Å². The zero-order chi connectivity index (χ0) is 24.4. The predicted molar refractivity (Wildman–Crippen MR) is 115 cm³/mol. The number of aromatic nitrogens is 4. The average Bonchev–Trinajstić information content (AvgIpc) is 3.03. The summed E-state index contributed by atoms with van der Waals surface area (Å²) in [6.45, 7) is 6.90. The zero-order valence-electron chi connectivity index (χ0n) is 18.5. The van der Waals surface area contributed by atoms with Crippen molar-refractivity contribution in [2.75, 3.05) is 6.79 Å². The topological polar surface area (TPSA) is 154 Å². The van der Waals surface area contributed by atoms with Crippen LogP contribution < -0.4 is 0 Å². The first-order valence-electron chi connectivity index (χ1n) is 9.49. The van der Waals surface area contributed by atoms with Crippen LogP contribution in [0.25, 0.3) is 0 Å². The third-order valence-electron chi connectivity index (χ3n) is 4.45. The Kier molecular flexibility index (Phi) is 7.73. The molecule has 0 radical (unpaired) electrons. The highest BCUT2D eigenvalue weighted by Gasteiger charge is 2.58. The number of amides is 2. The fourth-order valence-electron chi connectivity index (χ4n) is 2.67. The number of likely N-dealkylation sites (tertiary alicyclic amines) is 1. The first-order chi connectivity index (χ1) is 14.6. The van der Waals surface area contributed by atoms with Crippen molar-refractivity contribution in [3.63, 3.8) is 0 Å². The van der Waals surface area contributed by atoms with Crippen molar-refractivity contribution >= 4 is 51.9 Å². The van der Waals surface area contributed by atoms with Gasteiger partial charge in [-0.25, -0.2) is 9.48 Å². The van der Waals surface area contributed by atoms with Crippen LogP contribution in [-0.2, 0) is 42.1 Å². The Morgan fingerprint density at radius 1 is 1.19 bits per heavy atom. The van der Waals surface area contributed by atoms with Crippen LogP contribution in [0, 0.1) is 11.3 Å². The number of carbonyl (C=O) groups is 4. The summed E-state index contributed by atoms with van der Waals surface area (Å²) in [6, 6.07) is 0. The van der Waals surface area contributed by atoms with Crippen molar-refractivity contribution in [2.45, 2.75) is 52.0 Å². The normalized spacial score (nSPS) is 18.7. The molecule has 14 heteroatoms. The van der Waals surface area contributed by atoms with Crippen LogP contribution in [0.2, 0.25) is 0 Å². The number of thioether (sulfide) groups is 1. The first kappa shape index (κ1) is 25.8. The molecule has 0 saturated carbocycles. The number of nitrogens with zero attached hydrogens (tertiary/aromatic N) is 5. The Labute approximate surface area is 194 Å². The minimum atomic E-state index is -1.47. The molecule has 1 N–H and O–H groups in total. The number of thiocarbonyl (C=S) groups is 1. The lowest BCUT2D eigenvalue weighted by Gasteiger charge is -2.49. The van der Waals surface area contributed by atoms with Gasteiger partial charge in [0.2, 0.25) is 12.7 Å². The Morgan fingerprint density at radius 2 is 1.81 bits per heavy atom. The van der Waals surface area contributed by atoms with Gasteiger partial charge in [-0.15, -0.1) is 5.10 Å². The smallest absolute Gasteiger partial charge is 0.400 e. The van der Waals surface area contributed by atoms with E-state index in [1.807, 2.05) is 0 Å². The molecule has 2 heterocycles. The molecule has 0 aromatic carbocycles. The number of carbonyl (C=O) groups excluding carboxylic acids is 4. The van der Waals surface area contributed by atoms with Crippen molar-refractivity contribution in [1.29, 1.82) is 0 Å². The predicted octanol–water partition coefficient (Wildman–Crippen LogP) is -0.0148. The summed E-state index contributed by atoms with van der Waals surface area (Å²) in [7, 11) is 1.63. The Hall–Kier alpha value is -2.45. The van der Waals surface area contributed by atoms with E-state index in [4.69, 9.17) is 21.7 Å². The number of hydrogen-bond donors (Lipinski definition) is 1. The highest BCUT2D eigenvalue weighted by Crippen LogP contribution is 2.42. The second kappa shape index (κ2) is 9.58. The van der Waals surface area contributed by atoms with Crippen LogP contribution in [0.15, 0.2) is 0 Å². The van der Waals surface area contributed by atoms with Crippen molar-refractivity contribution in [3.8, 4) is 0 Å². The molecule has 0 spiro atoms. The third kappa shape index (κ3) is 5.86. The lowest BCUT2D eigenvalue weighted by molar-refractivity contribution is -0.186. The number of β-lactam (4-membered cyclic amide) rings is 1. The second-order valence-electron chi connectivity index (χ2n) is 8.65. The van der Waals surface area contributed by atoms with Gasteiger partial charge in [0.25, 0.3) is 0 Å². The van der Waals surface area contributed by atoms with E-state index in [0.29, 0.717) is 14.9 Å². The molecule has 1 saturated heterocycles. The van der Waals surface area contributed by atoms with Crippen molar-refractivity contribution in [1.82, 2.24) is 25.1 Å². The molecular formula is C18H25N5O7S2. The van der Waals surface area contributed by atoms with Gasteiger partial charge in [-0.3, -0.25) is 19.3 Å². The fraction of sp³-hybridized carbons (Fsp3) is 0.667. The van der Waals surface area contributed by atoms with Crippen LogP contribution >= 0.6 is 24.0 Å². The number of hydrogen-bond acceptors (Lipinski definition) is 12. The van der Waals surface area contributed by atoms with Gasteiger partial charge in [-0.1, -0.05) is 24.0 Å². The number of aryl methyl sites for hydroxylation is 1. The summed E-state index contributed by atoms with van der Waals surface area (Å²) in [5, 5.41) is 20.5. The Bertz CT molecular complexity index is 935. The molecule has 176 valence electrons. The Balaban J connectivity index is 2.06. The highest BCUT2D eigenvalue weighted by molar-refractivity contribution is 8.23. The average molecular weight is 488 g/mol. The zero-order valence-corrected chi connectivity index (χ0v) is 20.2. The highest BCUT2D eigenvalue weighted by atomic mass is 32.2. The molecule has 2 atom stereocenters. The molecule has 12 nitrogen and oxygen atoms in total. The first-order valence-corrected chi connectivity index (χ1v) is 10.8. The minimum Gasteiger partial charge on any atom is -0.427 e. The maximum atomic E-state index is 12.6. The summed E-state index contributed by atoms with van der Waals surface area (Å²) in [6.07, 6.45) is 0.169. The minimum absolute atomic E-state index is 0.169. The quantitative estimate of drug-likeness (QED) is 0.189. The molecule has 0 unspecified atom stereocenters. The van der Waals surface area contributed by atoms with Gasteiger partial charge in [0.1, 0.15) is 5.37 Å². The van der Waals surface area contributed by atoms with Gasteiger partial charge in [0.05, 0.1) is 27.6 Å². The van der Waals surface area contributed by atoms with Gasteiger partial charge in [0, 0.05) is 7.05 Å². The standard InChI is InChI=1S/C18H25N5O7S2/c1-17(2,3)16(27)30-8-29-15(26)13(25)23-12(24)11(18(4,5)28)14(23)32-10(31)7-9-19-20-21-22(9)6/h11,14,28H,7-8H2,1-6H3/t11-,14-/m1/s1. The molecule has 1 fully saturated rings. The van der Waals surface area contributed by atoms with Gasteiger partial charge >= 0.3 is 17.8 Å². The maximum Gasteiger partial charge on any atom is 0.400 e.